The number of furan rings is 1. The maximum absolute atomic E-state index is 13.6. The number of anilines is 1. The van der Waals surface area contributed by atoms with E-state index in [2.05, 4.69) is 17.9 Å². The standard InChI is InChI=1S/C24H21FN2O3/c1-14-4-3-9-27(14)20-11-17-10-16(24(28)29-2)6-8-19(17)26-23(20)22-12-15-5-7-18(25)13-21(15)30-22/h5-8,10-14H,3-4,9H2,1-2H3/t14-/m0/s1. The summed E-state index contributed by atoms with van der Waals surface area (Å²) in [4.78, 5) is 19.2. The van der Waals surface area contributed by atoms with Gasteiger partial charge in [-0.05, 0) is 62.2 Å². The van der Waals surface area contributed by atoms with Crippen LogP contribution in [-0.4, -0.2) is 30.6 Å². The van der Waals surface area contributed by atoms with Gasteiger partial charge in [0.05, 0.1) is 23.9 Å². The minimum absolute atomic E-state index is 0.335. The molecular formula is C24H21FN2O3. The molecule has 2 aromatic carbocycles. The molecule has 0 spiro atoms. The molecule has 2 aromatic heterocycles. The van der Waals surface area contributed by atoms with Crippen LogP contribution in [0.2, 0.25) is 0 Å². The van der Waals surface area contributed by atoms with Crippen molar-refractivity contribution in [1.82, 2.24) is 4.98 Å². The lowest BCUT2D eigenvalue weighted by atomic mass is 10.1. The van der Waals surface area contributed by atoms with Crippen molar-refractivity contribution in [2.45, 2.75) is 25.8 Å². The number of halogens is 1. The largest absolute Gasteiger partial charge is 0.465 e. The number of methoxy groups -OCH3 is 1. The van der Waals surface area contributed by atoms with E-state index in [0.29, 0.717) is 22.9 Å². The first kappa shape index (κ1) is 18.6. The van der Waals surface area contributed by atoms with Crippen LogP contribution in [0.5, 0.6) is 0 Å². The second-order valence-corrected chi connectivity index (χ2v) is 7.73. The third-order valence-corrected chi connectivity index (χ3v) is 5.79. The summed E-state index contributed by atoms with van der Waals surface area (Å²) in [5.41, 5.74) is 3.40. The molecular weight excluding hydrogens is 383 g/mol. The number of pyridine rings is 1. The summed E-state index contributed by atoms with van der Waals surface area (Å²) >= 11 is 0. The van der Waals surface area contributed by atoms with Gasteiger partial charge in [0.15, 0.2) is 5.76 Å². The molecule has 1 saturated heterocycles. The molecule has 6 heteroatoms. The van der Waals surface area contributed by atoms with Crippen molar-refractivity contribution in [2.75, 3.05) is 18.6 Å². The predicted octanol–water partition coefficient (Wildman–Crippen LogP) is 5.56. The number of hydrogen-bond acceptors (Lipinski definition) is 5. The fourth-order valence-corrected chi connectivity index (χ4v) is 4.22. The zero-order valence-corrected chi connectivity index (χ0v) is 16.8. The van der Waals surface area contributed by atoms with E-state index in [1.54, 1.807) is 18.2 Å². The average Bonchev–Trinajstić information content (AvgIpc) is 3.37. The topological polar surface area (TPSA) is 55.6 Å². The smallest absolute Gasteiger partial charge is 0.337 e. The Balaban J connectivity index is 1.72. The predicted molar refractivity (Wildman–Crippen MR) is 114 cm³/mol. The number of aromatic nitrogens is 1. The van der Waals surface area contributed by atoms with Crippen LogP contribution in [0.4, 0.5) is 10.1 Å². The van der Waals surface area contributed by atoms with Crippen LogP contribution >= 0.6 is 0 Å². The molecule has 0 unspecified atom stereocenters. The Morgan fingerprint density at radius 1 is 1.17 bits per heavy atom. The third-order valence-electron chi connectivity index (χ3n) is 5.79. The molecule has 1 aliphatic heterocycles. The maximum Gasteiger partial charge on any atom is 0.337 e. The van der Waals surface area contributed by atoms with Gasteiger partial charge in [-0.2, -0.15) is 0 Å². The SMILES string of the molecule is COC(=O)c1ccc2nc(-c3cc4ccc(F)cc4o3)c(N3CCC[C@@H]3C)cc2c1. The second-order valence-electron chi connectivity index (χ2n) is 7.73. The lowest BCUT2D eigenvalue weighted by molar-refractivity contribution is 0.0601. The molecule has 0 radical (unpaired) electrons. The molecule has 3 heterocycles. The maximum atomic E-state index is 13.6. The minimum Gasteiger partial charge on any atom is -0.465 e. The van der Waals surface area contributed by atoms with Crippen molar-refractivity contribution in [2.24, 2.45) is 0 Å². The summed E-state index contributed by atoms with van der Waals surface area (Å²) in [7, 11) is 1.37. The summed E-state index contributed by atoms with van der Waals surface area (Å²) in [6.07, 6.45) is 2.21. The summed E-state index contributed by atoms with van der Waals surface area (Å²) in [5, 5.41) is 1.69. The van der Waals surface area contributed by atoms with Crippen LogP contribution in [-0.2, 0) is 4.74 Å². The summed E-state index contributed by atoms with van der Waals surface area (Å²) in [6.45, 7) is 3.12. The zero-order chi connectivity index (χ0) is 20.8. The van der Waals surface area contributed by atoms with E-state index in [-0.39, 0.29) is 11.8 Å². The van der Waals surface area contributed by atoms with Crippen molar-refractivity contribution in [3.63, 3.8) is 0 Å². The van der Waals surface area contributed by atoms with E-state index in [9.17, 15) is 9.18 Å². The second kappa shape index (κ2) is 7.13. The zero-order valence-electron chi connectivity index (χ0n) is 16.8. The summed E-state index contributed by atoms with van der Waals surface area (Å²) in [6, 6.07) is 14.2. The Hall–Kier alpha value is -3.41. The first-order valence-electron chi connectivity index (χ1n) is 10.0. The molecule has 0 bridgehead atoms. The van der Waals surface area contributed by atoms with E-state index >= 15 is 0 Å². The van der Waals surface area contributed by atoms with E-state index in [1.807, 2.05) is 12.1 Å². The third kappa shape index (κ3) is 3.09. The summed E-state index contributed by atoms with van der Waals surface area (Å²) in [5.74, 6) is -0.112. The molecule has 5 nitrogen and oxygen atoms in total. The lowest BCUT2D eigenvalue weighted by Crippen LogP contribution is -2.27. The van der Waals surface area contributed by atoms with Crippen LogP contribution in [0.3, 0.4) is 0 Å². The highest BCUT2D eigenvalue weighted by Crippen LogP contribution is 2.38. The number of fused-ring (bicyclic) bond motifs is 2. The molecule has 1 fully saturated rings. The van der Waals surface area contributed by atoms with Gasteiger partial charge in [-0.15, -0.1) is 0 Å². The molecule has 0 aliphatic carbocycles. The quantitative estimate of drug-likeness (QED) is 0.418. The van der Waals surface area contributed by atoms with Gasteiger partial charge < -0.3 is 14.1 Å². The van der Waals surface area contributed by atoms with E-state index in [0.717, 1.165) is 47.1 Å². The van der Waals surface area contributed by atoms with Gasteiger partial charge in [0.2, 0.25) is 0 Å². The van der Waals surface area contributed by atoms with Crippen molar-refractivity contribution < 1.29 is 18.3 Å². The van der Waals surface area contributed by atoms with Crippen molar-refractivity contribution in [3.8, 4) is 11.5 Å². The van der Waals surface area contributed by atoms with E-state index in [4.69, 9.17) is 14.1 Å². The molecule has 0 amide bonds. The Labute approximate surface area is 173 Å². The van der Waals surface area contributed by atoms with Crippen LogP contribution in [0, 0.1) is 5.82 Å². The molecule has 1 atom stereocenters. The molecule has 5 rings (SSSR count). The Morgan fingerprint density at radius 3 is 2.80 bits per heavy atom. The number of esters is 1. The lowest BCUT2D eigenvalue weighted by Gasteiger charge is -2.26. The fraction of sp³-hybridized carbons (Fsp3) is 0.250. The first-order chi connectivity index (χ1) is 14.5. The van der Waals surface area contributed by atoms with Gasteiger partial charge in [-0.1, -0.05) is 0 Å². The highest BCUT2D eigenvalue weighted by atomic mass is 19.1. The first-order valence-corrected chi connectivity index (χ1v) is 10.0. The molecule has 30 heavy (non-hydrogen) atoms. The molecule has 0 saturated carbocycles. The van der Waals surface area contributed by atoms with Crippen LogP contribution < -0.4 is 4.90 Å². The number of ether oxygens (including phenoxy) is 1. The Bertz CT molecular complexity index is 1280. The van der Waals surface area contributed by atoms with Gasteiger partial charge in [0, 0.05) is 29.4 Å². The van der Waals surface area contributed by atoms with Crippen molar-refractivity contribution in [3.05, 3.63) is 59.9 Å². The fourth-order valence-electron chi connectivity index (χ4n) is 4.22. The molecule has 0 N–H and O–H groups in total. The Kier molecular flexibility index (Phi) is 4.42. The number of carbonyl (C=O) groups excluding carboxylic acids is 1. The van der Waals surface area contributed by atoms with Gasteiger partial charge in [0.1, 0.15) is 17.1 Å². The number of carbonyl (C=O) groups is 1. The van der Waals surface area contributed by atoms with Gasteiger partial charge in [-0.3, -0.25) is 0 Å². The van der Waals surface area contributed by atoms with E-state index < -0.39 is 0 Å². The normalized spacial score (nSPS) is 16.5. The minimum atomic E-state index is -0.378. The number of hydrogen-bond donors (Lipinski definition) is 0. The van der Waals surface area contributed by atoms with Gasteiger partial charge >= 0.3 is 5.97 Å². The average molecular weight is 404 g/mol. The van der Waals surface area contributed by atoms with Crippen molar-refractivity contribution in [1.29, 1.82) is 0 Å². The molecule has 1 aliphatic rings. The molecule has 4 aromatic rings. The van der Waals surface area contributed by atoms with Crippen molar-refractivity contribution >= 4 is 33.5 Å². The van der Waals surface area contributed by atoms with Gasteiger partial charge in [-0.25, -0.2) is 14.2 Å². The highest BCUT2D eigenvalue weighted by Gasteiger charge is 2.26. The number of nitrogens with zero attached hydrogens (tertiary/aromatic N) is 2. The highest BCUT2D eigenvalue weighted by molar-refractivity contribution is 5.97. The van der Waals surface area contributed by atoms with E-state index in [1.165, 1.54) is 19.2 Å². The van der Waals surface area contributed by atoms with Crippen LogP contribution in [0.25, 0.3) is 33.3 Å². The summed E-state index contributed by atoms with van der Waals surface area (Å²) < 4.78 is 24.5. The Morgan fingerprint density at radius 2 is 2.03 bits per heavy atom. The molecule has 152 valence electrons. The monoisotopic (exact) mass is 404 g/mol. The van der Waals surface area contributed by atoms with Crippen LogP contribution in [0.1, 0.15) is 30.1 Å². The number of rotatable bonds is 3. The van der Waals surface area contributed by atoms with Crippen LogP contribution in [0.15, 0.2) is 52.9 Å². The van der Waals surface area contributed by atoms with Gasteiger partial charge in [0.25, 0.3) is 0 Å². The number of benzene rings is 2.